The lowest BCUT2D eigenvalue weighted by atomic mass is 10.1. The summed E-state index contributed by atoms with van der Waals surface area (Å²) in [6, 6.07) is 0. The molecule has 0 spiro atoms. The zero-order chi connectivity index (χ0) is 12.5. The van der Waals surface area contributed by atoms with Crippen molar-refractivity contribution in [2.24, 2.45) is 5.92 Å². The van der Waals surface area contributed by atoms with E-state index < -0.39 is 0 Å². The predicted octanol–water partition coefficient (Wildman–Crippen LogP) is 0.211. The van der Waals surface area contributed by atoms with E-state index in [1.54, 1.807) is 0 Å². The van der Waals surface area contributed by atoms with Gasteiger partial charge >= 0.3 is 0 Å². The van der Waals surface area contributed by atoms with E-state index in [4.69, 9.17) is 5.11 Å². The second-order valence-corrected chi connectivity index (χ2v) is 5.15. The van der Waals surface area contributed by atoms with E-state index in [0.29, 0.717) is 6.54 Å². The summed E-state index contributed by atoms with van der Waals surface area (Å²) in [5.74, 6) is 1.60. The van der Waals surface area contributed by atoms with Crippen molar-refractivity contribution in [1.82, 2.24) is 20.8 Å². The third-order valence-electron chi connectivity index (χ3n) is 3.86. The van der Waals surface area contributed by atoms with Gasteiger partial charge in [0, 0.05) is 30.9 Å². The maximum atomic E-state index is 8.65. The first kappa shape index (κ1) is 11.7. The fourth-order valence-corrected chi connectivity index (χ4v) is 2.85. The Labute approximate surface area is 107 Å². The van der Waals surface area contributed by atoms with Crippen LogP contribution >= 0.6 is 0 Å². The van der Waals surface area contributed by atoms with Gasteiger partial charge in [0.2, 0.25) is 0 Å². The zero-order valence-electron chi connectivity index (χ0n) is 10.5. The molecule has 5 heteroatoms. The molecule has 0 radical (unpaired) electrons. The molecule has 0 unspecified atom stereocenters. The van der Waals surface area contributed by atoms with Crippen LogP contribution in [0.25, 0.3) is 5.70 Å². The molecule has 3 rings (SSSR count). The molecule has 0 bridgehead atoms. The molecule has 0 aliphatic heterocycles. The maximum absolute atomic E-state index is 8.65. The minimum atomic E-state index is 0.177. The molecule has 1 aromatic rings. The van der Waals surface area contributed by atoms with Crippen LogP contribution in [0.4, 0.5) is 0 Å². The number of aromatic amines is 1. The van der Waals surface area contributed by atoms with E-state index in [1.807, 2.05) is 0 Å². The van der Waals surface area contributed by atoms with Crippen molar-refractivity contribution in [2.45, 2.75) is 18.8 Å². The van der Waals surface area contributed by atoms with Crippen molar-refractivity contribution in [3.63, 3.8) is 0 Å². The van der Waals surface area contributed by atoms with Crippen LogP contribution in [0.5, 0.6) is 0 Å². The van der Waals surface area contributed by atoms with Gasteiger partial charge in [-0.1, -0.05) is 6.58 Å². The number of aromatic nitrogens is 2. The van der Waals surface area contributed by atoms with Gasteiger partial charge in [-0.2, -0.15) is 5.10 Å². The van der Waals surface area contributed by atoms with Crippen LogP contribution < -0.4 is 10.6 Å². The Hall–Kier alpha value is -1.33. The standard InChI is InChI=1S/C13H20N4O/c1-8(15-3-2-14-4-5-18)13-12-10-6-9(10)7-11(12)16-17-13/h9-10,14-15,18H,1-7H2,(H,16,17)/t9-,10-/m1/s1. The Balaban J connectivity index is 1.54. The molecule has 1 aromatic heterocycles. The molecule has 2 atom stereocenters. The molecule has 0 amide bonds. The topological polar surface area (TPSA) is 73.0 Å². The van der Waals surface area contributed by atoms with Crippen LogP contribution in [0.1, 0.15) is 29.3 Å². The molecular weight excluding hydrogens is 228 g/mol. The Kier molecular flexibility index (Phi) is 3.09. The molecule has 98 valence electrons. The first-order valence-electron chi connectivity index (χ1n) is 6.63. The number of H-pyrrole nitrogens is 1. The van der Waals surface area contributed by atoms with E-state index in [1.165, 1.54) is 24.1 Å². The van der Waals surface area contributed by atoms with E-state index >= 15 is 0 Å². The summed E-state index contributed by atoms with van der Waals surface area (Å²) < 4.78 is 0. The highest BCUT2D eigenvalue weighted by Crippen LogP contribution is 2.57. The van der Waals surface area contributed by atoms with Crippen LogP contribution in [0.2, 0.25) is 0 Å². The Morgan fingerprint density at radius 3 is 3.17 bits per heavy atom. The summed E-state index contributed by atoms with van der Waals surface area (Å²) in [5, 5.41) is 22.6. The van der Waals surface area contributed by atoms with Crippen molar-refractivity contribution >= 4 is 5.70 Å². The quantitative estimate of drug-likeness (QED) is 0.521. The molecule has 1 fully saturated rings. The van der Waals surface area contributed by atoms with Gasteiger partial charge in [-0.05, 0) is 24.7 Å². The molecule has 0 aromatic carbocycles. The molecular formula is C13H20N4O. The van der Waals surface area contributed by atoms with Gasteiger partial charge in [0.25, 0.3) is 0 Å². The fourth-order valence-electron chi connectivity index (χ4n) is 2.85. The van der Waals surface area contributed by atoms with Gasteiger partial charge in [0.05, 0.1) is 12.3 Å². The monoisotopic (exact) mass is 248 g/mol. The Bertz CT molecular complexity index is 454. The zero-order valence-corrected chi connectivity index (χ0v) is 10.5. The molecule has 18 heavy (non-hydrogen) atoms. The SMILES string of the molecule is C=C(NCCNCCO)c1n[nH]c2c1[C@@H]1C[C@@H]1C2. The van der Waals surface area contributed by atoms with Crippen LogP contribution in [0.15, 0.2) is 6.58 Å². The molecule has 4 N–H and O–H groups in total. The van der Waals surface area contributed by atoms with Gasteiger partial charge < -0.3 is 15.7 Å². The third-order valence-corrected chi connectivity index (χ3v) is 3.86. The van der Waals surface area contributed by atoms with Crippen LogP contribution in [0.3, 0.4) is 0 Å². The van der Waals surface area contributed by atoms with Gasteiger partial charge in [0.1, 0.15) is 5.69 Å². The lowest BCUT2D eigenvalue weighted by Gasteiger charge is -2.09. The molecule has 0 saturated heterocycles. The van der Waals surface area contributed by atoms with Crippen LogP contribution in [-0.2, 0) is 6.42 Å². The number of hydrogen-bond acceptors (Lipinski definition) is 4. The summed E-state index contributed by atoms with van der Waals surface area (Å²) in [5.41, 5.74) is 4.65. The van der Waals surface area contributed by atoms with Crippen molar-refractivity contribution in [3.05, 3.63) is 23.5 Å². The highest BCUT2D eigenvalue weighted by atomic mass is 16.3. The third kappa shape index (κ3) is 2.04. The normalized spacial score (nSPS) is 23.6. The summed E-state index contributed by atoms with van der Waals surface area (Å²) in [4.78, 5) is 0. The lowest BCUT2D eigenvalue weighted by Crippen LogP contribution is -2.28. The minimum absolute atomic E-state index is 0.177. The van der Waals surface area contributed by atoms with E-state index in [0.717, 1.165) is 36.3 Å². The van der Waals surface area contributed by atoms with Crippen molar-refractivity contribution in [3.8, 4) is 0 Å². The van der Waals surface area contributed by atoms with Crippen molar-refractivity contribution in [2.75, 3.05) is 26.2 Å². The summed E-state index contributed by atoms with van der Waals surface area (Å²) in [6.07, 6.45) is 2.49. The number of fused-ring (bicyclic) bond motifs is 3. The largest absolute Gasteiger partial charge is 0.395 e. The van der Waals surface area contributed by atoms with Gasteiger partial charge in [-0.3, -0.25) is 5.10 Å². The second-order valence-electron chi connectivity index (χ2n) is 5.15. The molecule has 1 heterocycles. The average molecular weight is 248 g/mol. The Morgan fingerprint density at radius 2 is 2.33 bits per heavy atom. The van der Waals surface area contributed by atoms with Crippen LogP contribution in [0, 0.1) is 5.92 Å². The number of rotatable bonds is 7. The average Bonchev–Trinajstić information content (AvgIpc) is 2.84. The number of aliphatic hydroxyl groups excluding tert-OH is 1. The Morgan fingerprint density at radius 1 is 1.44 bits per heavy atom. The van der Waals surface area contributed by atoms with Gasteiger partial charge in [-0.15, -0.1) is 0 Å². The van der Waals surface area contributed by atoms with Crippen LogP contribution in [-0.4, -0.2) is 41.5 Å². The van der Waals surface area contributed by atoms with E-state index in [2.05, 4.69) is 27.4 Å². The first-order valence-corrected chi connectivity index (χ1v) is 6.63. The predicted molar refractivity (Wildman–Crippen MR) is 70.1 cm³/mol. The van der Waals surface area contributed by atoms with Gasteiger partial charge in [-0.25, -0.2) is 0 Å². The van der Waals surface area contributed by atoms with Crippen molar-refractivity contribution < 1.29 is 5.11 Å². The summed E-state index contributed by atoms with van der Waals surface area (Å²) >= 11 is 0. The number of nitrogens with one attached hydrogen (secondary N) is 3. The number of aliphatic hydroxyl groups is 1. The number of nitrogens with zero attached hydrogens (tertiary/aromatic N) is 1. The minimum Gasteiger partial charge on any atom is -0.395 e. The number of hydrogen-bond donors (Lipinski definition) is 4. The highest BCUT2D eigenvalue weighted by molar-refractivity contribution is 5.65. The molecule has 2 aliphatic rings. The molecule has 5 nitrogen and oxygen atoms in total. The van der Waals surface area contributed by atoms with Crippen molar-refractivity contribution in [1.29, 1.82) is 0 Å². The smallest absolute Gasteiger partial charge is 0.111 e. The maximum Gasteiger partial charge on any atom is 0.111 e. The van der Waals surface area contributed by atoms with E-state index in [9.17, 15) is 0 Å². The molecule has 2 aliphatic carbocycles. The second kappa shape index (κ2) is 4.74. The first-order chi connectivity index (χ1) is 8.81. The van der Waals surface area contributed by atoms with Gasteiger partial charge in [0.15, 0.2) is 0 Å². The lowest BCUT2D eigenvalue weighted by molar-refractivity contribution is 0.293. The fraction of sp³-hybridized carbons (Fsp3) is 0.615. The summed E-state index contributed by atoms with van der Waals surface area (Å²) in [7, 11) is 0. The summed E-state index contributed by atoms with van der Waals surface area (Å²) in [6.45, 7) is 6.50. The van der Waals surface area contributed by atoms with E-state index in [-0.39, 0.29) is 6.61 Å². The highest BCUT2D eigenvalue weighted by Gasteiger charge is 2.48. The molecule has 1 saturated carbocycles.